The maximum Gasteiger partial charge on any atom is 0.328 e. The highest BCUT2D eigenvalue weighted by Crippen LogP contribution is 2.10. The van der Waals surface area contributed by atoms with E-state index in [4.69, 9.17) is 15.9 Å². The Hall–Kier alpha value is -2.45. The number of aliphatic hydroxyl groups is 1. The topological polar surface area (TPSA) is 142 Å². The molecule has 0 aliphatic carbocycles. The number of benzene rings is 1. The van der Waals surface area contributed by atoms with Crippen LogP contribution in [0.1, 0.15) is 25.8 Å². The molecule has 0 bridgehead atoms. The molecule has 2 amide bonds. The monoisotopic (exact) mass is 365 g/mol. The summed E-state index contributed by atoms with van der Waals surface area (Å²) >= 11 is 0. The standard InChI is InChI=1S/C18H27N3O5/c1-3-11(2)15(17(24)20-14(10-22)18(25)26)21-16(23)13(19)9-12-7-5-4-6-8-12/h4-8,11,13-15,22H,3,9-10,19H2,1-2H3,(H,20,24)(H,21,23)(H,25,26)/t11-,13-,14-,15-/m0/s1. The Morgan fingerprint density at radius 2 is 1.73 bits per heavy atom. The predicted octanol–water partition coefficient (Wildman–Crippen LogP) is -0.351. The molecule has 0 aliphatic rings. The molecular weight excluding hydrogens is 338 g/mol. The molecule has 0 aromatic heterocycles. The molecule has 1 aromatic carbocycles. The summed E-state index contributed by atoms with van der Waals surface area (Å²) in [5.74, 6) is -2.75. The second-order valence-corrected chi connectivity index (χ2v) is 6.25. The van der Waals surface area contributed by atoms with Crippen molar-refractivity contribution in [3.8, 4) is 0 Å². The fourth-order valence-corrected chi connectivity index (χ4v) is 2.37. The van der Waals surface area contributed by atoms with E-state index >= 15 is 0 Å². The number of carbonyl (C=O) groups is 3. The summed E-state index contributed by atoms with van der Waals surface area (Å²) in [5, 5.41) is 22.8. The summed E-state index contributed by atoms with van der Waals surface area (Å²) in [7, 11) is 0. The lowest BCUT2D eigenvalue weighted by molar-refractivity contribution is -0.143. The Morgan fingerprint density at radius 3 is 2.23 bits per heavy atom. The quantitative estimate of drug-likeness (QED) is 0.384. The number of hydrogen-bond acceptors (Lipinski definition) is 5. The van der Waals surface area contributed by atoms with Crippen molar-refractivity contribution in [1.82, 2.24) is 10.6 Å². The van der Waals surface area contributed by atoms with Crippen molar-refractivity contribution in [1.29, 1.82) is 0 Å². The second-order valence-electron chi connectivity index (χ2n) is 6.25. The zero-order valence-electron chi connectivity index (χ0n) is 15.0. The summed E-state index contributed by atoms with van der Waals surface area (Å²) in [6.45, 7) is 2.87. The average Bonchev–Trinajstić information content (AvgIpc) is 2.63. The van der Waals surface area contributed by atoms with Gasteiger partial charge in [-0.1, -0.05) is 50.6 Å². The highest BCUT2D eigenvalue weighted by Gasteiger charge is 2.30. The van der Waals surface area contributed by atoms with Gasteiger partial charge in [0.25, 0.3) is 0 Å². The molecule has 0 radical (unpaired) electrons. The summed E-state index contributed by atoms with van der Waals surface area (Å²) in [4.78, 5) is 35.8. The van der Waals surface area contributed by atoms with Crippen molar-refractivity contribution in [3.63, 3.8) is 0 Å². The van der Waals surface area contributed by atoms with E-state index in [2.05, 4.69) is 10.6 Å². The summed E-state index contributed by atoms with van der Waals surface area (Å²) in [6.07, 6.45) is 0.902. The first-order valence-electron chi connectivity index (χ1n) is 8.54. The van der Waals surface area contributed by atoms with Gasteiger partial charge in [-0.25, -0.2) is 4.79 Å². The number of amides is 2. The lowest BCUT2D eigenvalue weighted by Crippen LogP contribution is -2.57. The molecule has 144 valence electrons. The molecule has 0 saturated heterocycles. The Morgan fingerprint density at radius 1 is 1.12 bits per heavy atom. The first-order valence-corrected chi connectivity index (χ1v) is 8.54. The van der Waals surface area contributed by atoms with Gasteiger partial charge in [0.1, 0.15) is 12.1 Å². The zero-order valence-corrected chi connectivity index (χ0v) is 15.0. The molecule has 0 saturated carbocycles. The van der Waals surface area contributed by atoms with E-state index in [-0.39, 0.29) is 5.92 Å². The van der Waals surface area contributed by atoms with Gasteiger partial charge in [0.2, 0.25) is 11.8 Å². The number of hydrogen-bond donors (Lipinski definition) is 5. The first-order chi connectivity index (χ1) is 12.3. The maximum absolute atomic E-state index is 12.4. The number of aliphatic hydroxyl groups excluding tert-OH is 1. The molecule has 8 nitrogen and oxygen atoms in total. The number of carboxylic acid groups (broad SMARTS) is 1. The minimum atomic E-state index is -1.43. The van der Waals surface area contributed by atoms with Crippen LogP contribution in [0.3, 0.4) is 0 Å². The molecule has 26 heavy (non-hydrogen) atoms. The fourth-order valence-electron chi connectivity index (χ4n) is 2.37. The Labute approximate surface area is 152 Å². The van der Waals surface area contributed by atoms with Gasteiger partial charge in [0, 0.05) is 0 Å². The SMILES string of the molecule is CC[C@H](C)[C@H](NC(=O)[C@@H](N)Cc1ccccc1)C(=O)N[C@@H](CO)C(=O)O. The minimum absolute atomic E-state index is 0.240. The Bertz CT molecular complexity index is 608. The molecule has 0 heterocycles. The van der Waals surface area contributed by atoms with E-state index < -0.39 is 42.5 Å². The maximum atomic E-state index is 12.4. The van der Waals surface area contributed by atoms with Gasteiger partial charge in [-0.05, 0) is 17.9 Å². The number of nitrogens with one attached hydrogen (secondary N) is 2. The molecular formula is C18H27N3O5. The van der Waals surface area contributed by atoms with Crippen LogP contribution in [0.5, 0.6) is 0 Å². The lowest BCUT2D eigenvalue weighted by atomic mass is 9.97. The number of nitrogens with two attached hydrogens (primary N) is 1. The van der Waals surface area contributed by atoms with Crippen LogP contribution in [0, 0.1) is 5.92 Å². The van der Waals surface area contributed by atoms with E-state index in [0.717, 1.165) is 5.56 Å². The number of carbonyl (C=O) groups excluding carboxylic acids is 2. The number of aliphatic carboxylic acids is 1. The van der Waals surface area contributed by atoms with Crippen molar-refractivity contribution in [2.24, 2.45) is 11.7 Å². The molecule has 0 aliphatic heterocycles. The molecule has 1 aromatic rings. The molecule has 0 spiro atoms. The minimum Gasteiger partial charge on any atom is -0.480 e. The van der Waals surface area contributed by atoms with Crippen LogP contribution in [-0.2, 0) is 20.8 Å². The van der Waals surface area contributed by atoms with Gasteiger partial charge >= 0.3 is 5.97 Å². The summed E-state index contributed by atoms with van der Waals surface area (Å²) in [6, 6.07) is 6.04. The third-order valence-electron chi connectivity index (χ3n) is 4.23. The van der Waals surface area contributed by atoms with Crippen LogP contribution in [0.4, 0.5) is 0 Å². The van der Waals surface area contributed by atoms with Crippen LogP contribution >= 0.6 is 0 Å². The summed E-state index contributed by atoms with van der Waals surface area (Å²) < 4.78 is 0. The van der Waals surface area contributed by atoms with Crippen molar-refractivity contribution >= 4 is 17.8 Å². The van der Waals surface area contributed by atoms with Gasteiger partial charge in [-0.2, -0.15) is 0 Å². The molecule has 6 N–H and O–H groups in total. The van der Waals surface area contributed by atoms with Gasteiger partial charge in [0.05, 0.1) is 12.6 Å². The fraction of sp³-hybridized carbons (Fsp3) is 0.500. The smallest absolute Gasteiger partial charge is 0.328 e. The van der Waals surface area contributed by atoms with E-state index in [9.17, 15) is 14.4 Å². The lowest BCUT2D eigenvalue weighted by Gasteiger charge is -2.26. The predicted molar refractivity (Wildman–Crippen MR) is 96.2 cm³/mol. The zero-order chi connectivity index (χ0) is 19.7. The number of rotatable bonds is 10. The largest absolute Gasteiger partial charge is 0.480 e. The molecule has 0 fully saturated rings. The van der Waals surface area contributed by atoms with E-state index in [1.54, 1.807) is 6.92 Å². The third-order valence-corrected chi connectivity index (χ3v) is 4.23. The molecule has 8 heteroatoms. The van der Waals surface area contributed by atoms with Crippen molar-refractivity contribution in [2.45, 2.75) is 44.8 Å². The Kier molecular flexibility index (Phi) is 8.74. The normalized spacial score (nSPS) is 15.4. The third kappa shape index (κ3) is 6.45. The summed E-state index contributed by atoms with van der Waals surface area (Å²) in [5.41, 5.74) is 6.83. The second kappa shape index (κ2) is 10.5. The van der Waals surface area contributed by atoms with Crippen LogP contribution in [0.25, 0.3) is 0 Å². The highest BCUT2D eigenvalue weighted by molar-refractivity contribution is 5.92. The van der Waals surface area contributed by atoms with Gasteiger partial charge in [0.15, 0.2) is 0 Å². The van der Waals surface area contributed by atoms with Gasteiger partial charge in [-0.15, -0.1) is 0 Å². The van der Waals surface area contributed by atoms with Gasteiger partial charge in [-0.3, -0.25) is 9.59 Å². The van der Waals surface area contributed by atoms with E-state index in [0.29, 0.717) is 12.8 Å². The van der Waals surface area contributed by atoms with Crippen LogP contribution in [-0.4, -0.2) is 52.7 Å². The van der Waals surface area contributed by atoms with Crippen molar-refractivity contribution in [2.75, 3.05) is 6.61 Å². The molecule has 1 rings (SSSR count). The van der Waals surface area contributed by atoms with E-state index in [1.807, 2.05) is 37.3 Å². The van der Waals surface area contributed by atoms with Crippen molar-refractivity contribution < 1.29 is 24.6 Å². The first kappa shape index (κ1) is 21.6. The van der Waals surface area contributed by atoms with Gasteiger partial charge < -0.3 is 26.6 Å². The average molecular weight is 365 g/mol. The molecule has 0 unspecified atom stereocenters. The van der Waals surface area contributed by atoms with Crippen LogP contribution in [0.2, 0.25) is 0 Å². The molecule has 4 atom stereocenters. The van der Waals surface area contributed by atoms with Crippen LogP contribution in [0.15, 0.2) is 30.3 Å². The van der Waals surface area contributed by atoms with Crippen molar-refractivity contribution in [3.05, 3.63) is 35.9 Å². The van der Waals surface area contributed by atoms with Crippen LogP contribution < -0.4 is 16.4 Å². The Balaban J connectivity index is 2.78. The number of carboxylic acids is 1. The van der Waals surface area contributed by atoms with E-state index in [1.165, 1.54) is 0 Å². The highest BCUT2D eigenvalue weighted by atomic mass is 16.4.